The number of carbonyl (C=O) groups excluding carboxylic acids is 1. The molecule has 29 heavy (non-hydrogen) atoms. The fraction of sp³-hybridized carbons (Fsp3) is 0.550. The molecule has 0 aliphatic rings. The summed E-state index contributed by atoms with van der Waals surface area (Å²) in [6.07, 6.45) is 6.31. The van der Waals surface area contributed by atoms with Crippen LogP contribution >= 0.6 is 0 Å². The number of ether oxygens (including phenoxy) is 1. The summed E-state index contributed by atoms with van der Waals surface area (Å²) in [5.41, 5.74) is 6.64. The number of unbranched alkanes of at least 4 members (excludes halogenated alkanes) is 7. The van der Waals surface area contributed by atoms with Gasteiger partial charge in [0.25, 0.3) is 0 Å². The fourth-order valence-corrected chi connectivity index (χ4v) is 2.77. The molecule has 0 atom stereocenters. The Kier molecular flexibility index (Phi) is 10.8. The van der Waals surface area contributed by atoms with Gasteiger partial charge >= 0.3 is 5.97 Å². The van der Waals surface area contributed by atoms with Crippen LogP contribution in [0.15, 0.2) is 17.3 Å². The highest BCUT2D eigenvalue weighted by Gasteiger charge is 2.24. The lowest BCUT2D eigenvalue weighted by atomic mass is 10.0. The molecule has 1 aromatic rings. The van der Waals surface area contributed by atoms with E-state index in [-0.39, 0.29) is 12.4 Å². The molecular weight excluding hydrogens is 390 g/mol. The van der Waals surface area contributed by atoms with Gasteiger partial charge in [-0.3, -0.25) is 0 Å². The van der Waals surface area contributed by atoms with Crippen molar-refractivity contribution in [3.05, 3.63) is 51.4 Å². The minimum Gasteiger partial charge on any atom is -0.462 e. The van der Waals surface area contributed by atoms with E-state index in [9.17, 15) is 22.4 Å². The van der Waals surface area contributed by atoms with Gasteiger partial charge in [0.2, 0.25) is 0 Å². The first-order valence-electron chi connectivity index (χ1n) is 9.53. The van der Waals surface area contributed by atoms with Gasteiger partial charge in [0, 0.05) is 16.0 Å². The first-order valence-corrected chi connectivity index (χ1v) is 9.53. The zero-order chi connectivity index (χ0) is 21.8. The first-order chi connectivity index (χ1) is 13.8. The zero-order valence-corrected chi connectivity index (χ0v) is 16.4. The lowest BCUT2D eigenvalue weighted by molar-refractivity contribution is -0.139. The van der Waals surface area contributed by atoms with Gasteiger partial charge in [0.05, 0.1) is 6.61 Å². The highest BCUT2D eigenvalue weighted by atomic mass is 19.2. The lowest BCUT2D eigenvalue weighted by Gasteiger charge is -2.09. The van der Waals surface area contributed by atoms with E-state index in [4.69, 9.17) is 10.3 Å². The van der Waals surface area contributed by atoms with Crippen molar-refractivity contribution in [1.29, 1.82) is 0 Å². The summed E-state index contributed by atoms with van der Waals surface area (Å²) in [5.74, 6) is -6.77. The summed E-state index contributed by atoms with van der Waals surface area (Å²) in [7, 11) is 0. The van der Waals surface area contributed by atoms with Crippen molar-refractivity contribution < 1.29 is 27.1 Å². The number of hydrogen-bond donors (Lipinski definition) is 0. The minimum atomic E-state index is -1.68. The summed E-state index contributed by atoms with van der Waals surface area (Å²) in [6.45, 7) is 5.46. The number of rotatable bonds is 13. The van der Waals surface area contributed by atoms with E-state index >= 15 is 0 Å². The van der Waals surface area contributed by atoms with E-state index in [0.29, 0.717) is 25.0 Å². The molecule has 0 radical (unpaired) electrons. The van der Waals surface area contributed by atoms with Gasteiger partial charge in [-0.25, -0.2) is 22.4 Å². The third kappa shape index (κ3) is 7.77. The second kappa shape index (κ2) is 12.8. The largest absolute Gasteiger partial charge is 0.462 e. The minimum absolute atomic E-state index is 0.143. The molecule has 0 N–H and O–H groups in total. The van der Waals surface area contributed by atoms with Crippen LogP contribution in [-0.2, 0) is 16.0 Å². The monoisotopic (exact) mass is 415 g/mol. The van der Waals surface area contributed by atoms with Crippen LogP contribution in [-0.4, -0.2) is 12.6 Å². The Morgan fingerprint density at radius 3 is 1.90 bits per heavy atom. The molecule has 9 heteroatoms. The molecule has 1 aromatic carbocycles. The molecule has 1 rings (SSSR count). The lowest BCUT2D eigenvalue weighted by Crippen LogP contribution is -2.05. The van der Waals surface area contributed by atoms with Crippen LogP contribution in [0.4, 0.5) is 23.2 Å². The number of carbonyl (C=O) groups is 1. The van der Waals surface area contributed by atoms with Gasteiger partial charge in [-0.1, -0.05) is 50.2 Å². The van der Waals surface area contributed by atoms with E-state index in [1.165, 1.54) is 0 Å². The van der Waals surface area contributed by atoms with Gasteiger partial charge in [-0.15, -0.1) is 0 Å². The van der Waals surface area contributed by atoms with Crippen LogP contribution in [0.1, 0.15) is 63.9 Å². The van der Waals surface area contributed by atoms with E-state index in [1.54, 1.807) is 6.92 Å². The second-order valence-corrected chi connectivity index (χ2v) is 6.77. The molecule has 0 aliphatic heterocycles. The Balaban J connectivity index is 2.25. The summed E-state index contributed by atoms with van der Waals surface area (Å²) < 4.78 is 60.2. The number of esters is 1. The molecule has 0 unspecified atom stereocenters. The molecular formula is C20H25F4N3O2. The maximum absolute atomic E-state index is 13.9. The number of hydrogen-bond acceptors (Lipinski definition) is 3. The van der Waals surface area contributed by atoms with Crippen molar-refractivity contribution in [2.75, 3.05) is 6.61 Å². The third-order valence-corrected chi connectivity index (χ3v) is 4.38. The van der Waals surface area contributed by atoms with Crippen molar-refractivity contribution >= 4 is 11.7 Å². The molecule has 0 fully saturated rings. The van der Waals surface area contributed by atoms with Gasteiger partial charge in [-0.2, -0.15) is 0 Å². The van der Waals surface area contributed by atoms with Crippen LogP contribution in [0.3, 0.4) is 0 Å². The molecule has 5 nitrogen and oxygen atoms in total. The van der Waals surface area contributed by atoms with Crippen LogP contribution in [0.5, 0.6) is 0 Å². The Labute approximate surface area is 167 Å². The van der Waals surface area contributed by atoms with Gasteiger partial charge < -0.3 is 4.74 Å². The standard InChI is InChI=1S/C20H25F4N3O2/c1-13(2)20(28)29-12-10-8-6-4-3-5-7-9-11-14-15(21)17(23)19(26-27-25)18(24)16(14)22/h1,3-12H2,2H3. The van der Waals surface area contributed by atoms with Crippen LogP contribution in [0.2, 0.25) is 0 Å². The van der Waals surface area contributed by atoms with Crippen LogP contribution in [0, 0.1) is 23.3 Å². The highest BCUT2D eigenvalue weighted by Crippen LogP contribution is 2.31. The van der Waals surface area contributed by atoms with Crippen molar-refractivity contribution in [1.82, 2.24) is 0 Å². The number of azide groups is 1. The average Bonchev–Trinajstić information content (AvgIpc) is 2.69. The molecule has 0 aliphatic carbocycles. The van der Waals surface area contributed by atoms with Crippen molar-refractivity contribution in [2.45, 2.75) is 64.7 Å². The quantitative estimate of drug-likeness (QED) is 0.0510. The molecule has 0 aromatic heterocycles. The van der Waals surface area contributed by atoms with Crippen molar-refractivity contribution in [2.24, 2.45) is 5.11 Å². The Morgan fingerprint density at radius 2 is 1.41 bits per heavy atom. The predicted molar refractivity (Wildman–Crippen MR) is 101 cm³/mol. The van der Waals surface area contributed by atoms with E-state index in [1.807, 2.05) is 0 Å². The molecule has 0 spiro atoms. The highest BCUT2D eigenvalue weighted by molar-refractivity contribution is 5.86. The second-order valence-electron chi connectivity index (χ2n) is 6.77. The molecule has 160 valence electrons. The molecule has 0 bridgehead atoms. The third-order valence-electron chi connectivity index (χ3n) is 4.38. The molecule has 0 heterocycles. The van der Waals surface area contributed by atoms with Crippen molar-refractivity contribution in [3.8, 4) is 0 Å². The SMILES string of the molecule is C=C(C)C(=O)OCCCCCCCCCCc1c(F)c(F)c(N=[N+]=[N-])c(F)c1F. The summed E-state index contributed by atoms with van der Waals surface area (Å²) >= 11 is 0. The van der Waals surface area contributed by atoms with Crippen LogP contribution < -0.4 is 0 Å². The summed E-state index contributed by atoms with van der Waals surface area (Å²) in [5, 5.41) is 2.66. The normalized spacial score (nSPS) is 10.5. The zero-order valence-electron chi connectivity index (χ0n) is 16.4. The average molecular weight is 415 g/mol. The summed E-state index contributed by atoms with van der Waals surface area (Å²) in [4.78, 5) is 13.3. The summed E-state index contributed by atoms with van der Waals surface area (Å²) in [6, 6.07) is 0. The van der Waals surface area contributed by atoms with Gasteiger partial charge in [0.15, 0.2) is 23.3 Å². The Hall–Kier alpha value is -2.54. The van der Waals surface area contributed by atoms with Crippen molar-refractivity contribution in [3.63, 3.8) is 0 Å². The maximum Gasteiger partial charge on any atom is 0.333 e. The molecule has 0 amide bonds. The van der Waals surface area contributed by atoms with Gasteiger partial charge in [0.1, 0.15) is 5.69 Å². The molecule has 0 saturated carbocycles. The van der Waals surface area contributed by atoms with E-state index in [0.717, 1.165) is 38.5 Å². The van der Waals surface area contributed by atoms with Crippen LogP contribution in [0.25, 0.3) is 10.4 Å². The Bertz CT molecular complexity index is 748. The predicted octanol–water partition coefficient (Wildman–Crippen LogP) is 6.97. The maximum atomic E-state index is 13.9. The fourth-order valence-electron chi connectivity index (χ4n) is 2.77. The van der Waals surface area contributed by atoms with Gasteiger partial charge in [-0.05, 0) is 31.7 Å². The van der Waals surface area contributed by atoms with E-state index < -0.39 is 34.5 Å². The first kappa shape index (κ1) is 24.5. The van der Waals surface area contributed by atoms with E-state index in [2.05, 4.69) is 16.6 Å². The topological polar surface area (TPSA) is 75.1 Å². The number of nitrogens with zero attached hydrogens (tertiary/aromatic N) is 3. The Morgan fingerprint density at radius 1 is 0.931 bits per heavy atom. The molecule has 0 saturated heterocycles. The number of benzene rings is 1. The number of halogens is 4. The smallest absolute Gasteiger partial charge is 0.333 e.